The zero-order valence-corrected chi connectivity index (χ0v) is 17.2. The number of hydrogen-bond donors (Lipinski definition) is 4. The molecule has 0 atom stereocenters. The molecule has 148 valence electrons. The van der Waals surface area contributed by atoms with Crippen molar-refractivity contribution in [3.05, 3.63) is 52.5 Å². The fraction of sp³-hybridized carbons (Fsp3) is 0.176. The summed E-state index contributed by atoms with van der Waals surface area (Å²) in [6.07, 6.45) is 0. The van der Waals surface area contributed by atoms with Crippen LogP contribution in [0.3, 0.4) is 0 Å². The minimum absolute atomic E-state index is 0.0308. The number of aryl methyl sites for hydroxylation is 1. The van der Waals surface area contributed by atoms with Crippen LogP contribution >= 0.6 is 24.2 Å². The molecule has 0 aliphatic carbocycles. The number of benzene rings is 2. The molecule has 1 saturated heterocycles. The highest BCUT2D eigenvalue weighted by Gasteiger charge is 2.33. The van der Waals surface area contributed by atoms with Gasteiger partial charge in [0, 0.05) is 17.1 Å². The molecule has 3 amide bonds. The summed E-state index contributed by atoms with van der Waals surface area (Å²) in [6.45, 7) is 2.09. The van der Waals surface area contributed by atoms with E-state index in [1.165, 1.54) is 6.07 Å². The van der Waals surface area contributed by atoms with E-state index in [9.17, 15) is 18.0 Å². The number of rotatable bonds is 4. The van der Waals surface area contributed by atoms with E-state index in [1.807, 2.05) is 19.1 Å². The fourth-order valence-corrected chi connectivity index (χ4v) is 4.85. The van der Waals surface area contributed by atoms with Gasteiger partial charge in [0.25, 0.3) is 15.9 Å². The maximum atomic E-state index is 12.9. The number of thiol groups is 1. The van der Waals surface area contributed by atoms with Gasteiger partial charge in [-0.3, -0.25) is 10.2 Å². The third-order valence-electron chi connectivity index (χ3n) is 4.03. The van der Waals surface area contributed by atoms with Crippen LogP contribution in [-0.2, 0) is 10.0 Å². The molecule has 8 nitrogen and oxygen atoms in total. The second kappa shape index (κ2) is 8.00. The molecule has 0 saturated carbocycles. The first-order chi connectivity index (χ1) is 13.2. The molecule has 1 fully saturated rings. The molecule has 3 N–H and O–H groups in total. The number of nitrogens with one attached hydrogen (secondary N) is 3. The van der Waals surface area contributed by atoms with Crippen molar-refractivity contribution in [2.24, 2.45) is 0 Å². The normalized spacial score (nSPS) is 14.5. The van der Waals surface area contributed by atoms with E-state index in [0.29, 0.717) is 9.99 Å². The lowest BCUT2D eigenvalue weighted by Crippen LogP contribution is -2.57. The standard InChI is InChI=1S/C17H17ClN4O4S2/c1-10-2-4-11(5-3-10)20-16(23)12-8-15(14(27)9-13(12)18)28(25,26)22-7-6-19-21-17(22)24/h2-5,8-9,19,27H,6-7H2,1H3,(H,20,23)(H,21,24). The first kappa shape index (κ1) is 20.5. The van der Waals surface area contributed by atoms with Crippen LogP contribution in [0.5, 0.6) is 0 Å². The largest absolute Gasteiger partial charge is 0.345 e. The van der Waals surface area contributed by atoms with E-state index in [4.69, 9.17) is 11.6 Å². The van der Waals surface area contributed by atoms with E-state index < -0.39 is 22.0 Å². The monoisotopic (exact) mass is 440 g/mol. The molecule has 1 aliphatic rings. The van der Waals surface area contributed by atoms with Crippen LogP contribution in [0.2, 0.25) is 5.02 Å². The number of halogens is 1. The maximum absolute atomic E-state index is 12.9. The second-order valence-electron chi connectivity index (χ2n) is 6.05. The summed E-state index contributed by atoms with van der Waals surface area (Å²) in [4.78, 5) is 24.3. The smallest absolute Gasteiger partial charge is 0.322 e. The van der Waals surface area contributed by atoms with Crippen LogP contribution in [0.25, 0.3) is 0 Å². The minimum Gasteiger partial charge on any atom is -0.322 e. The number of amides is 3. The Kier molecular flexibility index (Phi) is 5.84. The van der Waals surface area contributed by atoms with Gasteiger partial charge in [-0.05, 0) is 31.2 Å². The van der Waals surface area contributed by atoms with Crippen LogP contribution in [0.4, 0.5) is 10.5 Å². The van der Waals surface area contributed by atoms with Gasteiger partial charge in [-0.1, -0.05) is 29.3 Å². The van der Waals surface area contributed by atoms with E-state index in [2.05, 4.69) is 28.8 Å². The van der Waals surface area contributed by atoms with Crippen LogP contribution in [-0.4, -0.2) is 37.8 Å². The Bertz CT molecular complexity index is 1040. The highest BCUT2D eigenvalue weighted by molar-refractivity contribution is 7.90. The lowest BCUT2D eigenvalue weighted by Gasteiger charge is -2.27. The number of urea groups is 1. The van der Waals surface area contributed by atoms with E-state index in [1.54, 1.807) is 12.1 Å². The Labute approximate surface area is 172 Å². The summed E-state index contributed by atoms with van der Waals surface area (Å²) in [6, 6.07) is 8.66. The summed E-state index contributed by atoms with van der Waals surface area (Å²) in [5.41, 5.74) is 6.32. The molecule has 28 heavy (non-hydrogen) atoms. The first-order valence-corrected chi connectivity index (χ1v) is 10.4. The number of carbonyl (C=O) groups is 2. The summed E-state index contributed by atoms with van der Waals surface area (Å²) in [5.74, 6) is -0.580. The number of sulfonamides is 1. The summed E-state index contributed by atoms with van der Waals surface area (Å²) < 4.78 is 26.5. The van der Waals surface area contributed by atoms with Gasteiger partial charge in [-0.2, -0.15) is 0 Å². The van der Waals surface area contributed by atoms with E-state index in [-0.39, 0.29) is 33.5 Å². The van der Waals surface area contributed by atoms with Crippen molar-refractivity contribution in [3.8, 4) is 0 Å². The zero-order valence-electron chi connectivity index (χ0n) is 14.7. The Balaban J connectivity index is 1.97. The summed E-state index contributed by atoms with van der Waals surface area (Å²) in [7, 11) is -4.23. The summed E-state index contributed by atoms with van der Waals surface area (Å²) in [5, 5.41) is 2.71. The molecular formula is C17H17ClN4O4S2. The van der Waals surface area contributed by atoms with Crippen molar-refractivity contribution in [2.45, 2.75) is 16.7 Å². The SMILES string of the molecule is Cc1ccc(NC(=O)c2cc(S(=O)(=O)N3CCNNC3=O)c(S)cc2Cl)cc1. The van der Waals surface area contributed by atoms with Gasteiger partial charge in [0.15, 0.2) is 0 Å². The minimum atomic E-state index is -4.23. The van der Waals surface area contributed by atoms with E-state index >= 15 is 0 Å². The molecule has 2 aromatic rings. The lowest BCUT2D eigenvalue weighted by molar-refractivity contribution is 0.102. The third-order valence-corrected chi connectivity index (χ3v) is 6.69. The molecule has 0 radical (unpaired) electrons. The van der Waals surface area contributed by atoms with Crippen LogP contribution in [0.1, 0.15) is 15.9 Å². The van der Waals surface area contributed by atoms with Gasteiger partial charge >= 0.3 is 6.03 Å². The molecule has 1 heterocycles. The third kappa shape index (κ3) is 4.09. The van der Waals surface area contributed by atoms with Gasteiger partial charge in [-0.25, -0.2) is 22.9 Å². The molecular weight excluding hydrogens is 424 g/mol. The highest BCUT2D eigenvalue weighted by atomic mass is 35.5. The van der Waals surface area contributed by atoms with E-state index in [0.717, 1.165) is 11.6 Å². The maximum Gasteiger partial charge on any atom is 0.345 e. The van der Waals surface area contributed by atoms with Gasteiger partial charge in [0.1, 0.15) is 4.90 Å². The Hall–Kier alpha value is -2.27. The Morgan fingerprint density at radius 3 is 2.57 bits per heavy atom. The number of nitrogens with zero attached hydrogens (tertiary/aromatic N) is 1. The van der Waals surface area contributed by atoms with Gasteiger partial charge in [-0.15, -0.1) is 12.6 Å². The first-order valence-electron chi connectivity index (χ1n) is 8.16. The van der Waals surface area contributed by atoms with Crippen molar-refractivity contribution in [1.82, 2.24) is 15.2 Å². The summed E-state index contributed by atoms with van der Waals surface area (Å²) >= 11 is 10.3. The number of anilines is 1. The average molecular weight is 441 g/mol. The van der Waals surface area contributed by atoms with Crippen LogP contribution in [0.15, 0.2) is 46.2 Å². The van der Waals surface area contributed by atoms with Crippen molar-refractivity contribution < 1.29 is 18.0 Å². The molecule has 0 unspecified atom stereocenters. The Morgan fingerprint density at radius 2 is 1.93 bits per heavy atom. The van der Waals surface area contributed by atoms with Crippen molar-refractivity contribution in [1.29, 1.82) is 0 Å². The molecule has 1 aliphatic heterocycles. The second-order valence-corrected chi connectivity index (χ2v) is 8.77. The molecule has 0 bridgehead atoms. The number of hydrogen-bond acceptors (Lipinski definition) is 6. The predicted molar refractivity (Wildman–Crippen MR) is 108 cm³/mol. The molecule has 11 heteroatoms. The number of hydrazine groups is 1. The molecule has 2 aromatic carbocycles. The average Bonchev–Trinajstić information content (AvgIpc) is 2.63. The topological polar surface area (TPSA) is 108 Å². The number of carbonyl (C=O) groups excluding carboxylic acids is 2. The zero-order chi connectivity index (χ0) is 20.5. The van der Waals surface area contributed by atoms with Crippen molar-refractivity contribution in [2.75, 3.05) is 18.4 Å². The van der Waals surface area contributed by atoms with Gasteiger partial charge in [0.05, 0.1) is 17.1 Å². The quantitative estimate of drug-likeness (QED) is 0.546. The van der Waals surface area contributed by atoms with Gasteiger partial charge < -0.3 is 5.32 Å². The van der Waals surface area contributed by atoms with Crippen LogP contribution < -0.4 is 16.2 Å². The van der Waals surface area contributed by atoms with Crippen molar-refractivity contribution >= 4 is 51.9 Å². The lowest BCUT2D eigenvalue weighted by atomic mass is 10.2. The molecule has 3 rings (SSSR count). The predicted octanol–water partition coefficient (Wildman–Crippen LogP) is 2.41. The van der Waals surface area contributed by atoms with Crippen LogP contribution in [0, 0.1) is 6.92 Å². The fourth-order valence-electron chi connectivity index (χ4n) is 2.57. The van der Waals surface area contributed by atoms with Crippen molar-refractivity contribution in [3.63, 3.8) is 0 Å². The highest BCUT2D eigenvalue weighted by Crippen LogP contribution is 2.30. The van der Waals surface area contributed by atoms with Gasteiger partial charge in [0.2, 0.25) is 0 Å². The molecule has 0 spiro atoms. The molecule has 0 aromatic heterocycles. The Morgan fingerprint density at radius 1 is 1.25 bits per heavy atom.